The second kappa shape index (κ2) is 7.36. The van der Waals surface area contributed by atoms with Crippen molar-refractivity contribution in [1.29, 1.82) is 0 Å². The molecule has 1 unspecified atom stereocenters. The summed E-state index contributed by atoms with van der Waals surface area (Å²) >= 11 is 12.1. The summed E-state index contributed by atoms with van der Waals surface area (Å²) in [6.07, 6.45) is 1.58. The average Bonchev–Trinajstić information content (AvgIpc) is 2.92. The first kappa shape index (κ1) is 18.6. The van der Waals surface area contributed by atoms with Crippen LogP contribution in [0.25, 0.3) is 11.0 Å². The van der Waals surface area contributed by atoms with Crippen molar-refractivity contribution in [2.75, 3.05) is 19.7 Å². The Morgan fingerprint density at radius 1 is 1.26 bits per heavy atom. The molecule has 0 aliphatic carbocycles. The summed E-state index contributed by atoms with van der Waals surface area (Å²) in [5.74, 6) is -0.488. The summed E-state index contributed by atoms with van der Waals surface area (Å²) in [6.45, 7) is 4.66. The van der Waals surface area contributed by atoms with E-state index in [1.807, 2.05) is 20.2 Å². The van der Waals surface area contributed by atoms with Crippen LogP contribution in [0.5, 0.6) is 0 Å². The van der Waals surface area contributed by atoms with Crippen molar-refractivity contribution in [1.82, 2.24) is 19.7 Å². The number of halogens is 3. The van der Waals surface area contributed by atoms with Gasteiger partial charge in [-0.3, -0.25) is 9.58 Å². The molecule has 2 aromatic heterocycles. The van der Waals surface area contributed by atoms with E-state index in [1.165, 1.54) is 12.1 Å². The quantitative estimate of drug-likeness (QED) is 0.606. The maximum Gasteiger partial charge on any atom is 0.157 e. The lowest BCUT2D eigenvalue weighted by molar-refractivity contribution is -0.0330. The van der Waals surface area contributed by atoms with E-state index in [-0.39, 0.29) is 11.1 Å². The van der Waals surface area contributed by atoms with Crippen molar-refractivity contribution in [3.8, 4) is 0 Å². The maximum atomic E-state index is 13.9. The Hall–Kier alpha value is -1.73. The number of hydrogen-bond acceptors (Lipinski definition) is 4. The van der Waals surface area contributed by atoms with Gasteiger partial charge in [0.2, 0.25) is 0 Å². The van der Waals surface area contributed by atoms with Gasteiger partial charge in [0.15, 0.2) is 5.65 Å². The number of aromatic nitrogens is 3. The monoisotopic (exact) mass is 408 g/mol. The molecule has 1 fully saturated rings. The fourth-order valence-corrected chi connectivity index (χ4v) is 4.02. The third-order valence-corrected chi connectivity index (χ3v) is 5.48. The third kappa shape index (κ3) is 3.67. The van der Waals surface area contributed by atoms with Gasteiger partial charge in [-0.05, 0) is 30.7 Å². The number of morpholine rings is 1. The molecule has 0 saturated carbocycles. The summed E-state index contributed by atoms with van der Waals surface area (Å²) in [6, 6.07) is 4.93. The van der Waals surface area contributed by atoms with Gasteiger partial charge >= 0.3 is 0 Å². The molecular weight excluding hydrogens is 390 g/mol. The highest BCUT2D eigenvalue weighted by atomic mass is 35.5. The van der Waals surface area contributed by atoms with Crippen LogP contribution in [0, 0.1) is 12.7 Å². The molecule has 8 heteroatoms. The summed E-state index contributed by atoms with van der Waals surface area (Å²) in [4.78, 5) is 6.79. The molecule has 0 bridgehead atoms. The topological polar surface area (TPSA) is 43.2 Å². The zero-order valence-electron chi connectivity index (χ0n) is 15.0. The van der Waals surface area contributed by atoms with Gasteiger partial charge in [-0.25, -0.2) is 9.37 Å². The van der Waals surface area contributed by atoms with Crippen molar-refractivity contribution >= 4 is 34.2 Å². The summed E-state index contributed by atoms with van der Waals surface area (Å²) < 4.78 is 21.5. The number of fused-ring (bicyclic) bond motifs is 1. The highest BCUT2D eigenvalue weighted by Crippen LogP contribution is 2.32. The third-order valence-electron chi connectivity index (χ3n) is 4.86. The van der Waals surface area contributed by atoms with Crippen LogP contribution < -0.4 is 0 Å². The Morgan fingerprint density at radius 2 is 2.07 bits per heavy atom. The molecule has 3 aromatic rings. The zero-order valence-corrected chi connectivity index (χ0v) is 16.6. The normalized spacial score (nSPS) is 18.3. The molecule has 1 aromatic carbocycles. The Balaban J connectivity index is 1.54. The lowest BCUT2D eigenvalue weighted by atomic mass is 10.1. The number of pyridine rings is 1. The van der Waals surface area contributed by atoms with E-state index in [1.54, 1.807) is 4.68 Å². The van der Waals surface area contributed by atoms with Crippen LogP contribution in [0.2, 0.25) is 10.0 Å². The first-order valence-corrected chi connectivity index (χ1v) is 9.44. The predicted molar refractivity (Wildman–Crippen MR) is 104 cm³/mol. The van der Waals surface area contributed by atoms with Crippen LogP contribution in [0.3, 0.4) is 0 Å². The minimum atomic E-state index is -0.488. The van der Waals surface area contributed by atoms with E-state index >= 15 is 0 Å². The first-order chi connectivity index (χ1) is 12.9. The summed E-state index contributed by atoms with van der Waals surface area (Å²) in [5.41, 5.74) is 3.57. The van der Waals surface area contributed by atoms with Gasteiger partial charge in [-0.1, -0.05) is 23.2 Å². The molecule has 0 N–H and O–H groups in total. The zero-order chi connectivity index (χ0) is 19.1. The molecule has 1 saturated heterocycles. The van der Waals surface area contributed by atoms with Gasteiger partial charge in [-0.15, -0.1) is 0 Å². The van der Waals surface area contributed by atoms with Crippen LogP contribution >= 0.6 is 23.2 Å². The van der Waals surface area contributed by atoms with E-state index in [2.05, 4.69) is 21.0 Å². The van der Waals surface area contributed by atoms with E-state index in [0.717, 1.165) is 35.4 Å². The van der Waals surface area contributed by atoms with Crippen LogP contribution in [0.15, 0.2) is 24.4 Å². The minimum absolute atomic E-state index is 0.0163. The number of hydrogen-bond donors (Lipinski definition) is 0. The van der Waals surface area contributed by atoms with Crippen molar-refractivity contribution in [3.05, 3.63) is 57.1 Å². The Morgan fingerprint density at radius 3 is 2.89 bits per heavy atom. The standard InChI is InChI=1S/C19H19Cl2FN4O/c1-11-13-5-12(8-23-19(13)25(2)24-11)9-26-3-4-27-18(10-26)14-6-17(22)16(21)7-15(14)20/h5-8,18H,3-4,9-10H2,1-2H3. The Labute approximate surface area is 166 Å². The number of ether oxygens (including phenoxy) is 1. The molecule has 142 valence electrons. The highest BCUT2D eigenvalue weighted by molar-refractivity contribution is 6.35. The number of rotatable bonds is 3. The maximum absolute atomic E-state index is 13.9. The van der Waals surface area contributed by atoms with Crippen molar-refractivity contribution in [2.24, 2.45) is 7.05 Å². The van der Waals surface area contributed by atoms with E-state index in [4.69, 9.17) is 27.9 Å². The Bertz CT molecular complexity index is 1010. The summed E-state index contributed by atoms with van der Waals surface area (Å²) in [7, 11) is 1.89. The molecule has 0 radical (unpaired) electrons. The average molecular weight is 409 g/mol. The van der Waals surface area contributed by atoms with Gasteiger partial charge < -0.3 is 4.74 Å². The molecule has 5 nitrogen and oxygen atoms in total. The SMILES string of the molecule is Cc1nn(C)c2ncc(CN3CCOC(c4cc(F)c(Cl)cc4Cl)C3)cc12. The smallest absolute Gasteiger partial charge is 0.157 e. The molecular formula is C19H19Cl2FN4O. The fourth-order valence-electron chi connectivity index (χ4n) is 3.51. The molecule has 0 amide bonds. The second-order valence-corrected chi connectivity index (χ2v) is 7.62. The number of nitrogens with zero attached hydrogens (tertiary/aromatic N) is 4. The molecule has 1 aliphatic rings. The van der Waals surface area contributed by atoms with E-state index in [9.17, 15) is 4.39 Å². The Kier molecular flexibility index (Phi) is 5.07. The first-order valence-electron chi connectivity index (χ1n) is 8.69. The van der Waals surface area contributed by atoms with Gasteiger partial charge in [0.25, 0.3) is 0 Å². The lowest BCUT2D eigenvalue weighted by Crippen LogP contribution is -2.38. The second-order valence-electron chi connectivity index (χ2n) is 6.81. The highest BCUT2D eigenvalue weighted by Gasteiger charge is 2.25. The summed E-state index contributed by atoms with van der Waals surface area (Å²) in [5, 5.41) is 5.91. The minimum Gasteiger partial charge on any atom is -0.371 e. The predicted octanol–water partition coefficient (Wildman–Crippen LogP) is 4.30. The molecule has 27 heavy (non-hydrogen) atoms. The number of aryl methyl sites for hydroxylation is 2. The van der Waals surface area contributed by atoms with Crippen molar-refractivity contribution in [3.63, 3.8) is 0 Å². The van der Waals surface area contributed by atoms with Crippen LogP contribution in [-0.2, 0) is 18.3 Å². The van der Waals surface area contributed by atoms with Crippen LogP contribution in [-0.4, -0.2) is 39.4 Å². The molecule has 0 spiro atoms. The van der Waals surface area contributed by atoms with E-state index in [0.29, 0.717) is 23.7 Å². The van der Waals surface area contributed by atoms with Gasteiger partial charge in [0.05, 0.1) is 23.4 Å². The fraction of sp³-hybridized carbons (Fsp3) is 0.368. The molecule has 1 atom stereocenters. The number of benzene rings is 1. The van der Waals surface area contributed by atoms with Gasteiger partial charge in [0, 0.05) is 48.9 Å². The molecule has 3 heterocycles. The van der Waals surface area contributed by atoms with Crippen LogP contribution in [0.1, 0.15) is 22.9 Å². The van der Waals surface area contributed by atoms with E-state index < -0.39 is 5.82 Å². The van der Waals surface area contributed by atoms with Crippen LogP contribution in [0.4, 0.5) is 4.39 Å². The largest absolute Gasteiger partial charge is 0.371 e. The lowest BCUT2D eigenvalue weighted by Gasteiger charge is -2.33. The van der Waals surface area contributed by atoms with Gasteiger partial charge in [-0.2, -0.15) is 5.10 Å². The molecule has 1 aliphatic heterocycles. The molecule has 4 rings (SSSR count). The van der Waals surface area contributed by atoms with Gasteiger partial charge in [0.1, 0.15) is 5.82 Å². The van der Waals surface area contributed by atoms with Crippen molar-refractivity contribution < 1.29 is 9.13 Å². The van der Waals surface area contributed by atoms with Crippen molar-refractivity contribution in [2.45, 2.75) is 19.6 Å².